The van der Waals surface area contributed by atoms with E-state index in [1.807, 2.05) is 39.8 Å². The zero-order chi connectivity index (χ0) is 19.2. The van der Waals surface area contributed by atoms with Gasteiger partial charge >= 0.3 is 6.09 Å². The van der Waals surface area contributed by atoms with Gasteiger partial charge in [-0.1, -0.05) is 0 Å². The van der Waals surface area contributed by atoms with Gasteiger partial charge < -0.3 is 24.7 Å². The standard InChI is InChI=1S/C18H29BrN4O3/c1-5-20-16(21-10-8-14-6-7-15(19)25-14)23-11-9-13(12-23)22-17(24)26-18(2,3)4/h6-7,13H,5,8-12H2,1-4H3,(H,20,21)(H,22,24)/t13-/m1/s1. The number of nitrogens with zero attached hydrogens (tertiary/aromatic N) is 2. The second kappa shape index (κ2) is 9.30. The highest BCUT2D eigenvalue weighted by Crippen LogP contribution is 2.15. The summed E-state index contributed by atoms with van der Waals surface area (Å²) in [7, 11) is 0. The van der Waals surface area contributed by atoms with E-state index in [1.54, 1.807) is 0 Å². The molecule has 1 aromatic rings. The number of rotatable bonds is 5. The minimum Gasteiger partial charge on any atom is -0.454 e. The normalized spacial score (nSPS) is 18.1. The molecule has 2 N–H and O–H groups in total. The first kappa shape index (κ1) is 20.6. The monoisotopic (exact) mass is 428 g/mol. The maximum atomic E-state index is 11.9. The Labute approximate surface area is 163 Å². The topological polar surface area (TPSA) is 79.1 Å². The van der Waals surface area contributed by atoms with E-state index in [-0.39, 0.29) is 12.1 Å². The first-order valence-electron chi connectivity index (χ1n) is 9.04. The molecule has 1 aliphatic rings. The number of hydrogen-bond acceptors (Lipinski definition) is 4. The van der Waals surface area contributed by atoms with Gasteiger partial charge in [-0.05, 0) is 62.2 Å². The molecule has 1 aliphatic heterocycles. The summed E-state index contributed by atoms with van der Waals surface area (Å²) < 4.78 is 11.6. The van der Waals surface area contributed by atoms with Crippen LogP contribution >= 0.6 is 15.9 Å². The Morgan fingerprint density at radius 2 is 2.23 bits per heavy atom. The van der Waals surface area contributed by atoms with Crippen molar-refractivity contribution in [3.8, 4) is 0 Å². The van der Waals surface area contributed by atoms with Crippen LogP contribution in [0.1, 0.15) is 39.9 Å². The Morgan fingerprint density at radius 3 is 2.85 bits per heavy atom. The van der Waals surface area contributed by atoms with Crippen molar-refractivity contribution < 1.29 is 13.9 Å². The summed E-state index contributed by atoms with van der Waals surface area (Å²) in [5.41, 5.74) is -0.487. The fourth-order valence-electron chi connectivity index (χ4n) is 2.73. The lowest BCUT2D eigenvalue weighted by Crippen LogP contribution is -2.44. The van der Waals surface area contributed by atoms with E-state index < -0.39 is 5.60 Å². The minimum atomic E-state index is -0.487. The molecule has 26 heavy (non-hydrogen) atoms. The van der Waals surface area contributed by atoms with Gasteiger partial charge in [-0.3, -0.25) is 4.99 Å². The number of ether oxygens (including phenoxy) is 1. The molecule has 1 saturated heterocycles. The summed E-state index contributed by atoms with van der Waals surface area (Å²) in [6.45, 7) is 10.6. The summed E-state index contributed by atoms with van der Waals surface area (Å²) >= 11 is 3.31. The highest BCUT2D eigenvalue weighted by Gasteiger charge is 2.27. The second-order valence-corrected chi connectivity index (χ2v) is 8.05. The molecule has 146 valence electrons. The number of furan rings is 1. The number of likely N-dealkylation sites (tertiary alicyclic amines) is 1. The van der Waals surface area contributed by atoms with Crippen molar-refractivity contribution >= 4 is 28.0 Å². The van der Waals surface area contributed by atoms with Crippen LogP contribution in [0.4, 0.5) is 4.79 Å². The van der Waals surface area contributed by atoms with Gasteiger partial charge in [0.15, 0.2) is 10.6 Å². The van der Waals surface area contributed by atoms with Gasteiger partial charge in [0, 0.05) is 32.6 Å². The molecule has 0 bridgehead atoms. The molecule has 2 rings (SSSR count). The average Bonchev–Trinajstić information content (AvgIpc) is 3.13. The number of guanidine groups is 1. The number of nitrogens with one attached hydrogen (secondary N) is 2. The molecule has 1 fully saturated rings. The van der Waals surface area contributed by atoms with E-state index in [0.717, 1.165) is 48.9 Å². The number of halogens is 1. The minimum absolute atomic E-state index is 0.0646. The highest BCUT2D eigenvalue weighted by molar-refractivity contribution is 9.10. The molecular weight excluding hydrogens is 400 g/mol. The van der Waals surface area contributed by atoms with Gasteiger partial charge in [-0.25, -0.2) is 4.79 Å². The number of hydrogen-bond donors (Lipinski definition) is 2. The first-order chi connectivity index (χ1) is 12.3. The first-order valence-corrected chi connectivity index (χ1v) is 9.83. The Kier molecular flexibility index (Phi) is 7.37. The average molecular weight is 429 g/mol. The van der Waals surface area contributed by atoms with E-state index in [2.05, 4.69) is 36.5 Å². The third kappa shape index (κ3) is 6.90. The lowest BCUT2D eigenvalue weighted by molar-refractivity contribution is 0.0507. The van der Waals surface area contributed by atoms with Crippen LogP contribution in [-0.2, 0) is 11.2 Å². The Hall–Kier alpha value is -1.70. The molecular formula is C18H29BrN4O3. The van der Waals surface area contributed by atoms with Gasteiger partial charge in [0.1, 0.15) is 11.4 Å². The Balaban J connectivity index is 1.85. The van der Waals surface area contributed by atoms with E-state index in [4.69, 9.17) is 9.15 Å². The third-order valence-corrected chi connectivity index (χ3v) is 4.22. The zero-order valence-corrected chi connectivity index (χ0v) is 17.6. The van der Waals surface area contributed by atoms with Gasteiger partial charge in [0.25, 0.3) is 0 Å². The number of amides is 1. The van der Waals surface area contributed by atoms with Gasteiger partial charge in [0.05, 0.1) is 6.04 Å². The molecule has 1 atom stereocenters. The van der Waals surface area contributed by atoms with Crippen molar-refractivity contribution in [3.63, 3.8) is 0 Å². The quantitative estimate of drug-likeness (QED) is 0.556. The SMILES string of the molecule is CCNC(=NCCc1ccc(Br)o1)N1CC[C@@H](NC(=O)OC(C)(C)C)C1. The molecule has 8 heteroatoms. The molecule has 0 radical (unpaired) electrons. The maximum Gasteiger partial charge on any atom is 0.407 e. The van der Waals surface area contributed by atoms with Crippen LogP contribution < -0.4 is 10.6 Å². The fourth-order valence-corrected chi connectivity index (χ4v) is 3.07. The van der Waals surface area contributed by atoms with Gasteiger partial charge in [-0.15, -0.1) is 0 Å². The zero-order valence-electron chi connectivity index (χ0n) is 16.0. The highest BCUT2D eigenvalue weighted by atomic mass is 79.9. The van der Waals surface area contributed by atoms with Crippen molar-refractivity contribution in [2.75, 3.05) is 26.2 Å². The summed E-state index contributed by atoms with van der Waals surface area (Å²) in [6, 6.07) is 3.90. The number of carbonyl (C=O) groups is 1. The summed E-state index contributed by atoms with van der Waals surface area (Å²) in [4.78, 5) is 18.8. The Bertz CT molecular complexity index is 624. The smallest absolute Gasteiger partial charge is 0.407 e. The molecule has 0 unspecified atom stereocenters. The lowest BCUT2D eigenvalue weighted by atomic mass is 10.2. The van der Waals surface area contributed by atoms with Crippen LogP contribution in [0.15, 0.2) is 26.2 Å². The van der Waals surface area contributed by atoms with Gasteiger partial charge in [-0.2, -0.15) is 0 Å². The molecule has 1 amide bonds. The Morgan fingerprint density at radius 1 is 1.46 bits per heavy atom. The van der Waals surface area contributed by atoms with Crippen LogP contribution in [0, 0.1) is 0 Å². The molecule has 0 saturated carbocycles. The van der Waals surface area contributed by atoms with Crippen molar-refractivity contribution in [2.45, 2.75) is 52.2 Å². The predicted octanol–water partition coefficient (Wildman–Crippen LogP) is 3.15. The van der Waals surface area contributed by atoms with Crippen LogP contribution in [0.2, 0.25) is 0 Å². The molecule has 0 aliphatic carbocycles. The van der Waals surface area contributed by atoms with Gasteiger partial charge in [0.2, 0.25) is 0 Å². The van der Waals surface area contributed by atoms with E-state index >= 15 is 0 Å². The third-order valence-electron chi connectivity index (χ3n) is 3.79. The molecule has 0 aromatic carbocycles. The molecule has 2 heterocycles. The van der Waals surface area contributed by atoms with Crippen molar-refractivity contribution in [1.29, 1.82) is 0 Å². The van der Waals surface area contributed by atoms with Crippen molar-refractivity contribution in [1.82, 2.24) is 15.5 Å². The molecule has 0 spiro atoms. The van der Waals surface area contributed by atoms with Crippen molar-refractivity contribution in [3.05, 3.63) is 22.6 Å². The number of carbonyl (C=O) groups excluding carboxylic acids is 1. The summed E-state index contributed by atoms with van der Waals surface area (Å²) in [5, 5.41) is 6.26. The second-order valence-electron chi connectivity index (χ2n) is 7.27. The largest absolute Gasteiger partial charge is 0.454 e. The molecule has 1 aromatic heterocycles. The number of aliphatic imine (C=N–C) groups is 1. The van der Waals surface area contributed by atoms with Crippen LogP contribution in [-0.4, -0.2) is 54.8 Å². The summed E-state index contributed by atoms with van der Waals surface area (Å²) in [6.07, 6.45) is 1.25. The summed E-state index contributed by atoms with van der Waals surface area (Å²) in [5.74, 6) is 1.77. The van der Waals surface area contributed by atoms with Crippen molar-refractivity contribution in [2.24, 2.45) is 4.99 Å². The predicted molar refractivity (Wildman–Crippen MR) is 105 cm³/mol. The fraction of sp³-hybridized carbons (Fsp3) is 0.667. The molecule has 7 nitrogen and oxygen atoms in total. The van der Waals surface area contributed by atoms with Crippen LogP contribution in [0.3, 0.4) is 0 Å². The van der Waals surface area contributed by atoms with Crippen LogP contribution in [0.5, 0.6) is 0 Å². The van der Waals surface area contributed by atoms with Crippen LogP contribution in [0.25, 0.3) is 0 Å². The number of alkyl carbamates (subject to hydrolysis) is 1. The maximum absolute atomic E-state index is 11.9. The van der Waals surface area contributed by atoms with E-state index in [9.17, 15) is 4.79 Å². The lowest BCUT2D eigenvalue weighted by Gasteiger charge is -2.23. The van der Waals surface area contributed by atoms with E-state index in [1.165, 1.54) is 0 Å². The van der Waals surface area contributed by atoms with E-state index in [0.29, 0.717) is 6.54 Å².